The number of carbonyl (C=O) groups excluding carboxylic acids is 3. The fraction of sp³-hybridized carbons (Fsp3) is 0.172. The molecule has 5 rings (SSSR count). The summed E-state index contributed by atoms with van der Waals surface area (Å²) in [6, 6.07) is 22.2. The summed E-state index contributed by atoms with van der Waals surface area (Å²) in [5.74, 6) is -0.304. The van der Waals surface area contributed by atoms with Crippen molar-refractivity contribution in [3.63, 3.8) is 0 Å². The molecule has 0 fully saturated rings. The highest BCUT2D eigenvalue weighted by Gasteiger charge is 2.24. The molecule has 0 aliphatic carbocycles. The number of anilines is 1. The Morgan fingerprint density at radius 2 is 1.68 bits per heavy atom. The van der Waals surface area contributed by atoms with Crippen molar-refractivity contribution < 1.29 is 14.4 Å². The van der Waals surface area contributed by atoms with Crippen LogP contribution in [0.1, 0.15) is 31.8 Å². The molecule has 0 saturated carbocycles. The molecule has 3 amide bonds. The third-order valence-corrected chi connectivity index (χ3v) is 6.42. The minimum absolute atomic E-state index is 0.00212. The van der Waals surface area contributed by atoms with Crippen LogP contribution < -0.4 is 5.32 Å². The number of nitrogens with zero attached hydrogens (tertiary/aromatic N) is 4. The zero-order chi connectivity index (χ0) is 25.9. The zero-order valence-electron chi connectivity index (χ0n) is 20.7. The van der Waals surface area contributed by atoms with Crippen molar-refractivity contribution in [3.05, 3.63) is 107 Å². The summed E-state index contributed by atoms with van der Waals surface area (Å²) in [6.45, 7) is 1.23. The van der Waals surface area contributed by atoms with Crippen LogP contribution in [0.2, 0.25) is 0 Å². The summed E-state index contributed by atoms with van der Waals surface area (Å²) in [5, 5.41) is 7.11. The van der Waals surface area contributed by atoms with Crippen LogP contribution in [-0.4, -0.2) is 51.4 Å². The average Bonchev–Trinajstić information content (AvgIpc) is 3.58. The Balaban J connectivity index is 1.30. The maximum atomic E-state index is 13.3. The molecule has 1 aliphatic rings. The topological polar surface area (TPSA) is 87.5 Å². The summed E-state index contributed by atoms with van der Waals surface area (Å²) in [5.41, 5.74) is 5.51. The Morgan fingerprint density at radius 3 is 2.41 bits per heavy atom. The van der Waals surface area contributed by atoms with Crippen LogP contribution in [-0.2, 0) is 24.4 Å². The molecular formula is C29H27N5O3. The Bertz CT molecular complexity index is 1460. The minimum atomic E-state index is -0.228. The lowest BCUT2D eigenvalue weighted by Crippen LogP contribution is -2.29. The first-order valence-corrected chi connectivity index (χ1v) is 12.0. The lowest BCUT2D eigenvalue weighted by molar-refractivity contribution is -0.132. The number of fused-ring (bicyclic) bond motifs is 1. The number of amides is 3. The fourth-order valence-corrected chi connectivity index (χ4v) is 4.46. The van der Waals surface area contributed by atoms with Gasteiger partial charge in [-0.2, -0.15) is 5.10 Å². The second kappa shape index (κ2) is 10.1. The van der Waals surface area contributed by atoms with E-state index in [2.05, 4.69) is 10.4 Å². The van der Waals surface area contributed by atoms with E-state index in [1.165, 1.54) is 4.90 Å². The first-order valence-electron chi connectivity index (χ1n) is 12.0. The van der Waals surface area contributed by atoms with Crippen molar-refractivity contribution in [2.24, 2.45) is 0 Å². The molecule has 186 valence electrons. The molecule has 1 N–H and O–H groups in total. The van der Waals surface area contributed by atoms with Crippen molar-refractivity contribution in [3.8, 4) is 11.1 Å². The maximum Gasteiger partial charge on any atom is 0.256 e. The van der Waals surface area contributed by atoms with E-state index in [0.29, 0.717) is 29.9 Å². The van der Waals surface area contributed by atoms with Gasteiger partial charge in [0.05, 0.1) is 0 Å². The molecule has 1 aliphatic heterocycles. The van der Waals surface area contributed by atoms with Crippen molar-refractivity contribution in [1.29, 1.82) is 0 Å². The first-order chi connectivity index (χ1) is 17.9. The molecule has 37 heavy (non-hydrogen) atoms. The maximum absolute atomic E-state index is 13.3. The fourth-order valence-electron chi connectivity index (χ4n) is 4.46. The van der Waals surface area contributed by atoms with E-state index in [-0.39, 0.29) is 24.3 Å². The summed E-state index contributed by atoms with van der Waals surface area (Å²) in [4.78, 5) is 41.5. The normalized spacial score (nSPS) is 12.2. The molecule has 2 heterocycles. The Labute approximate surface area is 215 Å². The van der Waals surface area contributed by atoms with Crippen LogP contribution in [0.3, 0.4) is 0 Å². The monoisotopic (exact) mass is 493 g/mol. The number of hydrogen-bond donors (Lipinski definition) is 1. The summed E-state index contributed by atoms with van der Waals surface area (Å²) in [6.07, 6.45) is 3.42. The molecule has 3 aromatic carbocycles. The van der Waals surface area contributed by atoms with Gasteiger partial charge in [-0.25, -0.2) is 0 Å². The van der Waals surface area contributed by atoms with Crippen LogP contribution in [0.5, 0.6) is 0 Å². The van der Waals surface area contributed by atoms with E-state index in [9.17, 15) is 14.4 Å². The molecule has 0 radical (unpaired) electrons. The van der Waals surface area contributed by atoms with Gasteiger partial charge >= 0.3 is 0 Å². The molecular weight excluding hydrogens is 466 g/mol. The lowest BCUT2D eigenvalue weighted by Gasteiger charge is -2.15. The van der Waals surface area contributed by atoms with E-state index in [4.69, 9.17) is 0 Å². The van der Waals surface area contributed by atoms with Crippen LogP contribution in [0.25, 0.3) is 11.1 Å². The molecule has 4 aromatic rings. The Kier molecular flexibility index (Phi) is 6.55. The van der Waals surface area contributed by atoms with Gasteiger partial charge in [-0.3, -0.25) is 19.1 Å². The summed E-state index contributed by atoms with van der Waals surface area (Å²) in [7, 11) is 3.43. The van der Waals surface area contributed by atoms with Crippen LogP contribution in [0.15, 0.2) is 85.2 Å². The van der Waals surface area contributed by atoms with Gasteiger partial charge in [0.15, 0.2) is 0 Å². The van der Waals surface area contributed by atoms with Gasteiger partial charge in [0.2, 0.25) is 5.91 Å². The molecule has 8 heteroatoms. The van der Waals surface area contributed by atoms with Gasteiger partial charge in [-0.1, -0.05) is 36.4 Å². The average molecular weight is 494 g/mol. The molecule has 1 aromatic heterocycles. The van der Waals surface area contributed by atoms with Crippen LogP contribution >= 0.6 is 0 Å². The number of hydrogen-bond acceptors (Lipinski definition) is 4. The minimum Gasteiger partial charge on any atom is -0.345 e. The highest BCUT2D eigenvalue weighted by Crippen LogP contribution is 2.28. The van der Waals surface area contributed by atoms with Gasteiger partial charge in [0, 0.05) is 56.4 Å². The van der Waals surface area contributed by atoms with Gasteiger partial charge in [0.25, 0.3) is 11.8 Å². The van der Waals surface area contributed by atoms with E-state index < -0.39 is 0 Å². The largest absolute Gasteiger partial charge is 0.345 e. The zero-order valence-corrected chi connectivity index (χ0v) is 20.7. The third kappa shape index (κ3) is 5.13. The standard InChI is InChI=1S/C29H27N5O3/c1-32(2)29(37)21-10-8-20(9-11-21)25-6-3-4-7-26(25)28(36)31-24-13-12-22-17-33(18-23(22)16-24)27(35)19-34-15-5-14-30-34/h3-16H,17-19H2,1-2H3,(H,31,36). The number of carbonyl (C=O) groups is 3. The van der Waals surface area contributed by atoms with E-state index in [1.807, 2.05) is 48.5 Å². The van der Waals surface area contributed by atoms with Gasteiger partial charge in [0.1, 0.15) is 6.54 Å². The van der Waals surface area contributed by atoms with Crippen LogP contribution in [0.4, 0.5) is 5.69 Å². The van der Waals surface area contributed by atoms with Gasteiger partial charge < -0.3 is 15.1 Å². The smallest absolute Gasteiger partial charge is 0.256 e. The molecule has 0 saturated heterocycles. The highest BCUT2D eigenvalue weighted by molar-refractivity contribution is 6.09. The van der Waals surface area contributed by atoms with Crippen molar-refractivity contribution in [2.45, 2.75) is 19.6 Å². The van der Waals surface area contributed by atoms with E-state index in [1.54, 1.807) is 60.3 Å². The lowest BCUT2D eigenvalue weighted by atomic mass is 9.98. The number of rotatable bonds is 6. The highest BCUT2D eigenvalue weighted by atomic mass is 16.2. The molecule has 0 spiro atoms. The third-order valence-electron chi connectivity index (χ3n) is 6.42. The summed E-state index contributed by atoms with van der Waals surface area (Å²) >= 11 is 0. The molecule has 8 nitrogen and oxygen atoms in total. The summed E-state index contributed by atoms with van der Waals surface area (Å²) < 4.78 is 1.61. The van der Waals surface area contributed by atoms with Crippen molar-refractivity contribution in [1.82, 2.24) is 19.6 Å². The van der Waals surface area contributed by atoms with Gasteiger partial charge in [-0.15, -0.1) is 0 Å². The molecule has 0 bridgehead atoms. The molecule has 0 unspecified atom stereocenters. The predicted molar refractivity (Wildman–Crippen MR) is 141 cm³/mol. The van der Waals surface area contributed by atoms with E-state index >= 15 is 0 Å². The van der Waals surface area contributed by atoms with E-state index in [0.717, 1.165) is 22.3 Å². The van der Waals surface area contributed by atoms with Crippen molar-refractivity contribution in [2.75, 3.05) is 19.4 Å². The Hall–Kier alpha value is -4.72. The quantitative estimate of drug-likeness (QED) is 0.439. The van der Waals surface area contributed by atoms with Crippen molar-refractivity contribution >= 4 is 23.4 Å². The molecule has 0 atom stereocenters. The van der Waals surface area contributed by atoms with Gasteiger partial charge in [-0.05, 0) is 58.7 Å². The predicted octanol–water partition coefficient (Wildman–Crippen LogP) is 4.05. The SMILES string of the molecule is CN(C)C(=O)c1ccc(-c2ccccc2C(=O)Nc2ccc3c(c2)CN(C(=O)Cn2cccn2)C3)cc1. The number of nitrogens with one attached hydrogen (secondary N) is 1. The second-order valence-electron chi connectivity index (χ2n) is 9.21. The first kappa shape index (κ1) is 24.0. The van der Waals surface area contributed by atoms with Crippen LogP contribution in [0, 0.1) is 0 Å². The number of benzene rings is 3. The second-order valence-corrected chi connectivity index (χ2v) is 9.21. The Morgan fingerprint density at radius 1 is 0.919 bits per heavy atom. The number of aromatic nitrogens is 2.